The van der Waals surface area contributed by atoms with Crippen LogP contribution in [0.4, 0.5) is 0 Å². The third-order valence-corrected chi connectivity index (χ3v) is 2.24. The fourth-order valence-corrected chi connectivity index (χ4v) is 1.48. The first-order valence-electron chi connectivity index (χ1n) is 4.04. The Morgan fingerprint density at radius 2 is 2.23 bits per heavy atom. The summed E-state index contributed by atoms with van der Waals surface area (Å²) < 4.78 is 9.62. The lowest BCUT2D eigenvalue weighted by Gasteiger charge is -2.16. The van der Waals surface area contributed by atoms with Gasteiger partial charge in [0, 0.05) is 20.1 Å². The molecule has 0 bridgehead atoms. The minimum absolute atomic E-state index is 0.0608. The van der Waals surface area contributed by atoms with Gasteiger partial charge in [-0.15, -0.1) is 0 Å². The number of amides is 1. The molecule has 0 aromatic heterocycles. The Morgan fingerprint density at radius 1 is 1.54 bits per heavy atom. The summed E-state index contributed by atoms with van der Waals surface area (Å²) in [6, 6.07) is -0.479. The van der Waals surface area contributed by atoms with Crippen LogP contribution in [0.1, 0.15) is 6.42 Å². The molecule has 1 heterocycles. The zero-order chi connectivity index (χ0) is 9.84. The maximum Gasteiger partial charge on any atom is 0.328 e. The van der Waals surface area contributed by atoms with Crippen molar-refractivity contribution in [2.75, 3.05) is 20.8 Å². The van der Waals surface area contributed by atoms with Gasteiger partial charge in [0.2, 0.25) is 6.41 Å². The normalized spacial score (nSPS) is 27.4. The van der Waals surface area contributed by atoms with Gasteiger partial charge in [0.15, 0.2) is 0 Å². The Labute approximate surface area is 76.6 Å². The first-order chi connectivity index (χ1) is 6.22. The Hall–Kier alpha value is -1.10. The molecule has 5 heteroatoms. The summed E-state index contributed by atoms with van der Waals surface area (Å²) in [6.45, 7) is 0.458. The van der Waals surface area contributed by atoms with Crippen LogP contribution in [0.15, 0.2) is 0 Å². The van der Waals surface area contributed by atoms with E-state index in [9.17, 15) is 9.59 Å². The lowest BCUT2D eigenvalue weighted by Crippen LogP contribution is -2.35. The number of ether oxygens (including phenoxy) is 2. The van der Waals surface area contributed by atoms with Crippen molar-refractivity contribution in [1.82, 2.24) is 4.90 Å². The first-order valence-corrected chi connectivity index (χ1v) is 4.04. The van der Waals surface area contributed by atoms with Crippen LogP contribution in [0.3, 0.4) is 0 Å². The van der Waals surface area contributed by atoms with Crippen molar-refractivity contribution in [2.45, 2.75) is 18.6 Å². The fourth-order valence-electron chi connectivity index (χ4n) is 1.48. The molecule has 1 aliphatic heterocycles. The average Bonchev–Trinajstić information content (AvgIpc) is 2.59. The van der Waals surface area contributed by atoms with E-state index in [0.717, 1.165) is 0 Å². The number of methoxy groups -OCH3 is 2. The van der Waals surface area contributed by atoms with Gasteiger partial charge in [-0.3, -0.25) is 4.79 Å². The van der Waals surface area contributed by atoms with Crippen LogP contribution in [0.25, 0.3) is 0 Å². The third-order valence-electron chi connectivity index (χ3n) is 2.24. The van der Waals surface area contributed by atoms with Crippen molar-refractivity contribution in [3.8, 4) is 0 Å². The van der Waals surface area contributed by atoms with Crippen LogP contribution in [0, 0.1) is 0 Å². The molecular formula is C8H13NO4. The molecule has 1 saturated heterocycles. The monoisotopic (exact) mass is 187 g/mol. The van der Waals surface area contributed by atoms with Crippen molar-refractivity contribution >= 4 is 12.4 Å². The number of carbonyl (C=O) groups is 2. The number of esters is 1. The summed E-state index contributed by atoms with van der Waals surface area (Å²) in [7, 11) is 2.87. The Kier molecular flexibility index (Phi) is 3.25. The number of hydrogen-bond donors (Lipinski definition) is 0. The zero-order valence-electron chi connectivity index (χ0n) is 7.73. The minimum Gasteiger partial charge on any atom is -0.467 e. The van der Waals surface area contributed by atoms with Gasteiger partial charge in [0.1, 0.15) is 6.04 Å². The molecule has 0 spiro atoms. The van der Waals surface area contributed by atoms with Gasteiger partial charge in [-0.1, -0.05) is 0 Å². The largest absolute Gasteiger partial charge is 0.467 e. The smallest absolute Gasteiger partial charge is 0.328 e. The summed E-state index contributed by atoms with van der Waals surface area (Å²) in [5.74, 6) is -0.383. The fraction of sp³-hybridized carbons (Fsp3) is 0.750. The van der Waals surface area contributed by atoms with Gasteiger partial charge >= 0.3 is 5.97 Å². The molecule has 2 atom stereocenters. The van der Waals surface area contributed by atoms with E-state index in [2.05, 4.69) is 4.74 Å². The molecule has 1 fully saturated rings. The Balaban J connectivity index is 2.62. The van der Waals surface area contributed by atoms with Gasteiger partial charge < -0.3 is 14.4 Å². The maximum absolute atomic E-state index is 11.2. The lowest BCUT2D eigenvalue weighted by atomic mass is 10.2. The SMILES string of the molecule is COC(=O)C1CC(OC)CN1C=O. The number of rotatable bonds is 3. The van der Waals surface area contributed by atoms with E-state index >= 15 is 0 Å². The second kappa shape index (κ2) is 4.23. The molecule has 0 N–H and O–H groups in total. The van der Waals surface area contributed by atoms with Crippen molar-refractivity contribution in [2.24, 2.45) is 0 Å². The maximum atomic E-state index is 11.2. The Morgan fingerprint density at radius 3 is 2.69 bits per heavy atom. The second-order valence-electron chi connectivity index (χ2n) is 2.93. The van der Waals surface area contributed by atoms with E-state index in [-0.39, 0.29) is 12.1 Å². The van der Waals surface area contributed by atoms with Crippen LogP contribution < -0.4 is 0 Å². The lowest BCUT2D eigenvalue weighted by molar-refractivity contribution is -0.148. The highest BCUT2D eigenvalue weighted by Gasteiger charge is 2.36. The van der Waals surface area contributed by atoms with Gasteiger partial charge in [0.05, 0.1) is 13.2 Å². The second-order valence-corrected chi connectivity index (χ2v) is 2.93. The predicted octanol–water partition coefficient (Wildman–Crippen LogP) is -0.595. The van der Waals surface area contributed by atoms with Crippen molar-refractivity contribution in [3.05, 3.63) is 0 Å². The molecule has 74 valence electrons. The van der Waals surface area contributed by atoms with Crippen LogP contribution >= 0.6 is 0 Å². The molecule has 1 aliphatic rings. The molecule has 13 heavy (non-hydrogen) atoms. The molecule has 0 saturated carbocycles. The van der Waals surface area contributed by atoms with Crippen LogP contribution in [0.5, 0.6) is 0 Å². The molecule has 0 aromatic carbocycles. The van der Waals surface area contributed by atoms with E-state index in [1.165, 1.54) is 12.0 Å². The summed E-state index contributed by atoms with van der Waals surface area (Å²) in [6.07, 6.45) is 1.11. The molecular weight excluding hydrogens is 174 g/mol. The highest BCUT2D eigenvalue weighted by Crippen LogP contribution is 2.18. The van der Waals surface area contributed by atoms with Crippen molar-refractivity contribution in [3.63, 3.8) is 0 Å². The minimum atomic E-state index is -0.479. The molecule has 0 aromatic rings. The predicted molar refractivity (Wildman–Crippen MR) is 44.0 cm³/mol. The molecule has 5 nitrogen and oxygen atoms in total. The highest BCUT2D eigenvalue weighted by molar-refractivity contribution is 5.78. The van der Waals surface area contributed by atoms with Gasteiger partial charge in [-0.2, -0.15) is 0 Å². The third kappa shape index (κ3) is 1.98. The molecule has 1 rings (SSSR count). The zero-order valence-corrected chi connectivity index (χ0v) is 7.73. The Bertz CT molecular complexity index is 206. The van der Waals surface area contributed by atoms with E-state index < -0.39 is 6.04 Å². The average molecular weight is 187 g/mol. The topological polar surface area (TPSA) is 55.8 Å². The van der Waals surface area contributed by atoms with Gasteiger partial charge in [-0.25, -0.2) is 4.79 Å². The highest BCUT2D eigenvalue weighted by atomic mass is 16.5. The van der Waals surface area contributed by atoms with Crippen molar-refractivity contribution < 1.29 is 19.1 Å². The quantitative estimate of drug-likeness (QED) is 0.437. The van der Waals surface area contributed by atoms with E-state index in [1.807, 2.05) is 0 Å². The number of carbonyl (C=O) groups excluding carboxylic acids is 2. The van der Waals surface area contributed by atoms with Gasteiger partial charge in [0.25, 0.3) is 0 Å². The molecule has 0 aliphatic carbocycles. The number of hydrogen-bond acceptors (Lipinski definition) is 4. The summed E-state index contributed by atoms with van der Waals surface area (Å²) in [5, 5.41) is 0. The van der Waals surface area contributed by atoms with Crippen LogP contribution in [0.2, 0.25) is 0 Å². The van der Waals surface area contributed by atoms with Gasteiger partial charge in [-0.05, 0) is 0 Å². The van der Waals surface area contributed by atoms with E-state index in [0.29, 0.717) is 19.4 Å². The first kappa shape index (κ1) is 9.98. The standard InChI is InChI=1S/C8H13NO4/c1-12-6-3-7(8(11)13-2)9(4-6)5-10/h5-7H,3-4H2,1-2H3. The van der Waals surface area contributed by atoms with Crippen LogP contribution in [-0.4, -0.2) is 50.2 Å². The molecule has 0 radical (unpaired) electrons. The molecule has 1 amide bonds. The molecule has 2 unspecified atom stereocenters. The summed E-state index contributed by atoms with van der Waals surface area (Å²) in [4.78, 5) is 23.1. The van der Waals surface area contributed by atoms with E-state index in [4.69, 9.17) is 4.74 Å². The summed E-state index contributed by atoms with van der Waals surface area (Å²) in [5.41, 5.74) is 0. The number of nitrogens with zero attached hydrogens (tertiary/aromatic N) is 1. The van der Waals surface area contributed by atoms with Crippen molar-refractivity contribution in [1.29, 1.82) is 0 Å². The van der Waals surface area contributed by atoms with E-state index in [1.54, 1.807) is 7.11 Å². The summed E-state index contributed by atoms with van der Waals surface area (Å²) >= 11 is 0. The van der Waals surface area contributed by atoms with Crippen LogP contribution in [-0.2, 0) is 19.1 Å². The number of likely N-dealkylation sites (tertiary alicyclic amines) is 1.